The molecule has 2 aromatic carbocycles. The number of anilines is 1. The van der Waals surface area contributed by atoms with Crippen LogP contribution in [0, 0.1) is 0 Å². The normalized spacial score (nSPS) is 17.5. The highest BCUT2D eigenvalue weighted by Gasteiger charge is 2.47. The Morgan fingerprint density at radius 2 is 1.72 bits per heavy atom. The van der Waals surface area contributed by atoms with E-state index in [-0.39, 0.29) is 11.3 Å². The molecule has 1 aliphatic heterocycles. The first-order chi connectivity index (χ1) is 15.5. The first kappa shape index (κ1) is 21.4. The second kappa shape index (κ2) is 8.72. The first-order valence-electron chi connectivity index (χ1n) is 9.66. The number of aliphatic hydroxyl groups excluding tert-OH is 1. The highest BCUT2D eigenvalue weighted by atomic mass is 35.5. The fourth-order valence-corrected chi connectivity index (χ4v) is 3.78. The number of carbonyl (C=O) groups is 2. The number of pyridine rings is 1. The largest absolute Gasteiger partial charge is 0.507 e. The molecule has 32 heavy (non-hydrogen) atoms. The molecular weight excluding hydrogens is 432 g/mol. The summed E-state index contributed by atoms with van der Waals surface area (Å²) in [5, 5.41) is 11.7. The van der Waals surface area contributed by atoms with Gasteiger partial charge in [0.05, 0.1) is 25.5 Å². The van der Waals surface area contributed by atoms with Crippen LogP contribution in [0.1, 0.15) is 17.3 Å². The molecule has 1 fully saturated rings. The average Bonchev–Trinajstić information content (AvgIpc) is 3.09. The highest BCUT2D eigenvalue weighted by Crippen LogP contribution is 2.42. The van der Waals surface area contributed by atoms with Gasteiger partial charge in [-0.3, -0.25) is 19.5 Å². The van der Waals surface area contributed by atoms with Crippen LogP contribution < -0.4 is 14.4 Å². The molecule has 2 heterocycles. The molecule has 1 amide bonds. The van der Waals surface area contributed by atoms with Gasteiger partial charge in [0.25, 0.3) is 11.7 Å². The number of carbonyl (C=O) groups excluding carboxylic acids is 2. The van der Waals surface area contributed by atoms with Gasteiger partial charge >= 0.3 is 0 Å². The van der Waals surface area contributed by atoms with Crippen molar-refractivity contribution in [3.05, 3.63) is 88.7 Å². The summed E-state index contributed by atoms with van der Waals surface area (Å²) in [6, 6.07) is 15.5. The maximum Gasteiger partial charge on any atom is 0.300 e. The minimum Gasteiger partial charge on any atom is -0.507 e. The molecule has 0 bridgehead atoms. The number of ether oxygens (including phenoxy) is 2. The quantitative estimate of drug-likeness (QED) is 0.352. The molecule has 0 aliphatic carbocycles. The van der Waals surface area contributed by atoms with Crippen molar-refractivity contribution < 1.29 is 24.2 Å². The van der Waals surface area contributed by atoms with Crippen LogP contribution in [0.3, 0.4) is 0 Å². The Kier molecular flexibility index (Phi) is 5.83. The van der Waals surface area contributed by atoms with Gasteiger partial charge in [-0.25, -0.2) is 0 Å². The van der Waals surface area contributed by atoms with Crippen molar-refractivity contribution >= 4 is 34.7 Å². The number of halogens is 1. The molecule has 1 aromatic heterocycles. The van der Waals surface area contributed by atoms with E-state index in [2.05, 4.69) is 4.98 Å². The lowest BCUT2D eigenvalue weighted by atomic mass is 9.98. The SMILES string of the molecule is COc1ccc(/C(O)=C2/C(=O)C(=O)N(c3ccc(Cl)cc3)C2c2ccccn2)cc1OC. The lowest BCUT2D eigenvalue weighted by molar-refractivity contribution is -0.132. The molecule has 4 rings (SSSR count). The highest BCUT2D eigenvalue weighted by molar-refractivity contribution is 6.51. The Morgan fingerprint density at radius 3 is 2.34 bits per heavy atom. The zero-order chi connectivity index (χ0) is 22.8. The Morgan fingerprint density at radius 1 is 1.00 bits per heavy atom. The van der Waals surface area contributed by atoms with Crippen LogP contribution in [-0.4, -0.2) is 36.0 Å². The summed E-state index contributed by atoms with van der Waals surface area (Å²) < 4.78 is 10.5. The smallest absolute Gasteiger partial charge is 0.300 e. The summed E-state index contributed by atoms with van der Waals surface area (Å²) >= 11 is 6.00. The average molecular weight is 451 g/mol. The van der Waals surface area contributed by atoms with Gasteiger partial charge in [0.15, 0.2) is 11.5 Å². The molecular formula is C24H19ClN2O5. The Hall–Kier alpha value is -3.84. The van der Waals surface area contributed by atoms with Gasteiger partial charge in [-0.1, -0.05) is 17.7 Å². The third-order valence-electron chi connectivity index (χ3n) is 5.17. The van der Waals surface area contributed by atoms with E-state index in [1.54, 1.807) is 66.9 Å². The standard InChI is InChI=1S/C24H19ClN2O5/c1-31-18-11-6-14(13-19(18)32-2)22(28)20-21(17-5-3-4-12-26-17)27(24(30)23(20)29)16-9-7-15(25)8-10-16/h3-13,21,28H,1-2H3/b22-20-. The maximum absolute atomic E-state index is 13.1. The van der Waals surface area contributed by atoms with Crippen LogP contribution in [0.2, 0.25) is 5.02 Å². The van der Waals surface area contributed by atoms with Crippen LogP contribution in [0.25, 0.3) is 5.76 Å². The van der Waals surface area contributed by atoms with Gasteiger partial charge in [-0.15, -0.1) is 0 Å². The number of amides is 1. The number of rotatable bonds is 5. The third-order valence-corrected chi connectivity index (χ3v) is 5.43. The number of hydrogen-bond donors (Lipinski definition) is 1. The lowest BCUT2D eigenvalue weighted by Crippen LogP contribution is -2.29. The van der Waals surface area contributed by atoms with Gasteiger partial charge in [-0.2, -0.15) is 0 Å². The van der Waals surface area contributed by atoms with Crippen LogP contribution in [-0.2, 0) is 9.59 Å². The number of aliphatic hydroxyl groups is 1. The van der Waals surface area contributed by atoms with Crippen LogP contribution in [0.5, 0.6) is 11.5 Å². The molecule has 1 saturated heterocycles. The zero-order valence-corrected chi connectivity index (χ0v) is 18.0. The number of ketones is 1. The summed E-state index contributed by atoms with van der Waals surface area (Å²) in [4.78, 5) is 31.8. The minimum atomic E-state index is -0.925. The van der Waals surface area contributed by atoms with Crippen LogP contribution >= 0.6 is 11.6 Å². The van der Waals surface area contributed by atoms with Crippen molar-refractivity contribution in [3.63, 3.8) is 0 Å². The van der Waals surface area contributed by atoms with Crippen molar-refractivity contribution in [3.8, 4) is 11.5 Å². The lowest BCUT2D eigenvalue weighted by Gasteiger charge is -2.24. The fourth-order valence-electron chi connectivity index (χ4n) is 3.66. The minimum absolute atomic E-state index is 0.0733. The molecule has 0 saturated carbocycles. The van der Waals surface area contributed by atoms with E-state index in [0.717, 1.165) is 0 Å². The van der Waals surface area contributed by atoms with E-state index >= 15 is 0 Å². The van der Waals surface area contributed by atoms with Crippen molar-refractivity contribution in [2.75, 3.05) is 19.1 Å². The number of aromatic nitrogens is 1. The van der Waals surface area contributed by atoms with Gasteiger partial charge in [0, 0.05) is 22.5 Å². The number of methoxy groups -OCH3 is 2. The topological polar surface area (TPSA) is 89.0 Å². The van der Waals surface area contributed by atoms with Gasteiger partial charge in [0.2, 0.25) is 0 Å². The summed E-state index contributed by atoms with van der Waals surface area (Å²) in [5.41, 5.74) is 1.12. The maximum atomic E-state index is 13.1. The summed E-state index contributed by atoms with van der Waals surface area (Å²) in [6.45, 7) is 0. The number of nitrogens with zero attached hydrogens (tertiary/aromatic N) is 2. The van der Waals surface area contributed by atoms with E-state index in [0.29, 0.717) is 33.5 Å². The second-order valence-electron chi connectivity index (χ2n) is 6.97. The van der Waals surface area contributed by atoms with Crippen LogP contribution in [0.4, 0.5) is 5.69 Å². The summed E-state index contributed by atoms with van der Waals surface area (Å²) in [5.74, 6) is -1.09. The van der Waals surface area contributed by atoms with E-state index in [1.807, 2.05) is 0 Å². The van der Waals surface area contributed by atoms with Gasteiger partial charge in [0.1, 0.15) is 11.8 Å². The Labute approximate surface area is 189 Å². The third kappa shape index (κ3) is 3.67. The second-order valence-corrected chi connectivity index (χ2v) is 7.41. The van der Waals surface area contributed by atoms with Crippen LogP contribution in [0.15, 0.2) is 72.4 Å². The van der Waals surface area contributed by atoms with E-state index in [4.69, 9.17) is 21.1 Å². The molecule has 162 valence electrons. The Balaban J connectivity index is 1.92. The molecule has 1 N–H and O–H groups in total. The van der Waals surface area contributed by atoms with Crippen molar-refractivity contribution in [2.45, 2.75) is 6.04 Å². The Bertz CT molecular complexity index is 1210. The molecule has 1 atom stereocenters. The fraction of sp³-hybridized carbons (Fsp3) is 0.125. The van der Waals surface area contributed by atoms with Crippen molar-refractivity contribution in [2.24, 2.45) is 0 Å². The number of Topliss-reactive ketones (excluding diaryl/α,β-unsaturated/α-hetero) is 1. The van der Waals surface area contributed by atoms with E-state index in [1.165, 1.54) is 19.1 Å². The summed E-state index contributed by atoms with van der Waals surface area (Å²) in [7, 11) is 2.96. The molecule has 3 aromatic rings. The monoisotopic (exact) mass is 450 g/mol. The predicted octanol–water partition coefficient (Wildman–Crippen LogP) is 4.38. The van der Waals surface area contributed by atoms with Gasteiger partial charge in [-0.05, 0) is 54.6 Å². The zero-order valence-electron chi connectivity index (χ0n) is 17.3. The predicted molar refractivity (Wildman–Crippen MR) is 120 cm³/mol. The molecule has 8 heteroatoms. The molecule has 7 nitrogen and oxygen atoms in total. The number of hydrogen-bond acceptors (Lipinski definition) is 6. The van der Waals surface area contributed by atoms with E-state index in [9.17, 15) is 14.7 Å². The van der Waals surface area contributed by atoms with Crippen molar-refractivity contribution in [1.29, 1.82) is 0 Å². The van der Waals surface area contributed by atoms with Gasteiger partial charge < -0.3 is 14.6 Å². The number of benzene rings is 2. The molecule has 0 radical (unpaired) electrons. The molecule has 0 spiro atoms. The molecule has 1 aliphatic rings. The summed E-state index contributed by atoms with van der Waals surface area (Å²) in [6.07, 6.45) is 1.56. The van der Waals surface area contributed by atoms with Crippen molar-refractivity contribution in [1.82, 2.24) is 4.98 Å². The molecule has 1 unspecified atom stereocenters. The first-order valence-corrected chi connectivity index (χ1v) is 10.0. The van der Waals surface area contributed by atoms with E-state index < -0.39 is 17.7 Å².